The van der Waals surface area contributed by atoms with E-state index in [0.717, 1.165) is 42.6 Å². The zero-order valence-electron chi connectivity index (χ0n) is 16.3. The Labute approximate surface area is 174 Å². The number of rotatable bonds is 8. The number of nitrogens with one attached hydrogen (secondary N) is 2. The fraction of sp³-hybridized carbons (Fsp3) is 0.500. The molecule has 2 heterocycles. The lowest BCUT2D eigenvalue weighted by Crippen LogP contribution is -2.39. The van der Waals surface area contributed by atoms with Gasteiger partial charge in [-0.15, -0.1) is 10.2 Å². The molecule has 1 saturated carbocycles. The third-order valence-corrected chi connectivity index (χ3v) is 6.00. The van der Waals surface area contributed by atoms with Gasteiger partial charge in [-0.1, -0.05) is 42.1 Å². The Balaban J connectivity index is 1.22. The van der Waals surface area contributed by atoms with Gasteiger partial charge in [-0.05, 0) is 31.2 Å². The van der Waals surface area contributed by atoms with Crippen LogP contribution < -0.4 is 15.5 Å². The minimum Gasteiger partial charge on any atom is -0.341 e. The number of hydrogen-bond acceptors (Lipinski definition) is 6. The summed E-state index contributed by atoms with van der Waals surface area (Å²) in [7, 11) is 0. The van der Waals surface area contributed by atoms with Gasteiger partial charge < -0.3 is 10.2 Å². The van der Waals surface area contributed by atoms with Crippen LogP contribution in [0.2, 0.25) is 0 Å². The number of anilines is 1. The van der Waals surface area contributed by atoms with Gasteiger partial charge >= 0.3 is 6.03 Å². The molecule has 2 aliphatic rings. The van der Waals surface area contributed by atoms with Crippen molar-refractivity contribution in [1.82, 2.24) is 25.4 Å². The van der Waals surface area contributed by atoms with Crippen molar-refractivity contribution in [2.45, 2.75) is 49.8 Å². The highest BCUT2D eigenvalue weighted by atomic mass is 32.2. The molecule has 0 unspecified atom stereocenters. The van der Waals surface area contributed by atoms with Crippen LogP contribution in [0.4, 0.5) is 10.7 Å². The Morgan fingerprint density at radius 3 is 2.59 bits per heavy atom. The summed E-state index contributed by atoms with van der Waals surface area (Å²) in [6.45, 7) is 2.46. The molecule has 154 valence electrons. The fourth-order valence-corrected chi connectivity index (χ4v) is 4.34. The first kappa shape index (κ1) is 19.8. The number of carbonyl (C=O) groups is 2. The SMILES string of the molecule is O=C(CCSc1nnc(N2CCCC2)n1C1CC1)NC(=O)NCc1ccccc1. The van der Waals surface area contributed by atoms with Crippen LogP contribution in [-0.4, -0.2) is 45.5 Å². The van der Waals surface area contributed by atoms with Crippen molar-refractivity contribution in [3.63, 3.8) is 0 Å². The zero-order valence-corrected chi connectivity index (χ0v) is 17.2. The van der Waals surface area contributed by atoms with Crippen LogP contribution >= 0.6 is 11.8 Å². The quantitative estimate of drug-likeness (QED) is 0.646. The molecule has 1 aliphatic heterocycles. The maximum atomic E-state index is 12.1. The van der Waals surface area contributed by atoms with Crippen LogP contribution in [0.1, 0.15) is 43.7 Å². The maximum Gasteiger partial charge on any atom is 0.321 e. The summed E-state index contributed by atoms with van der Waals surface area (Å²) in [6.07, 6.45) is 4.97. The minimum atomic E-state index is -0.471. The van der Waals surface area contributed by atoms with E-state index in [1.54, 1.807) is 0 Å². The minimum absolute atomic E-state index is 0.250. The second-order valence-corrected chi connectivity index (χ2v) is 8.45. The van der Waals surface area contributed by atoms with E-state index in [9.17, 15) is 9.59 Å². The first-order chi connectivity index (χ1) is 14.2. The number of imide groups is 1. The lowest BCUT2D eigenvalue weighted by Gasteiger charge is -2.17. The van der Waals surface area contributed by atoms with Crippen LogP contribution in [0.3, 0.4) is 0 Å². The van der Waals surface area contributed by atoms with E-state index in [4.69, 9.17) is 0 Å². The molecule has 2 aromatic rings. The van der Waals surface area contributed by atoms with Gasteiger partial charge in [-0.2, -0.15) is 0 Å². The van der Waals surface area contributed by atoms with Gasteiger partial charge in [-0.3, -0.25) is 14.7 Å². The van der Waals surface area contributed by atoms with Crippen molar-refractivity contribution >= 4 is 29.6 Å². The van der Waals surface area contributed by atoms with Crippen LogP contribution in [0.15, 0.2) is 35.5 Å². The van der Waals surface area contributed by atoms with E-state index in [1.807, 2.05) is 30.3 Å². The molecular weight excluding hydrogens is 388 g/mol. The molecule has 0 bridgehead atoms. The molecule has 2 N–H and O–H groups in total. The highest BCUT2D eigenvalue weighted by Gasteiger charge is 2.32. The third kappa shape index (κ3) is 5.29. The van der Waals surface area contributed by atoms with Crippen molar-refractivity contribution in [1.29, 1.82) is 0 Å². The lowest BCUT2D eigenvalue weighted by molar-refractivity contribution is -0.119. The van der Waals surface area contributed by atoms with Gasteiger partial charge in [0.1, 0.15) is 0 Å². The average molecular weight is 415 g/mol. The van der Waals surface area contributed by atoms with E-state index >= 15 is 0 Å². The van der Waals surface area contributed by atoms with E-state index in [1.165, 1.54) is 24.6 Å². The molecule has 1 aromatic carbocycles. The summed E-state index contributed by atoms with van der Waals surface area (Å²) in [5.74, 6) is 1.24. The predicted molar refractivity (Wildman–Crippen MR) is 112 cm³/mol. The highest BCUT2D eigenvalue weighted by molar-refractivity contribution is 7.99. The van der Waals surface area contributed by atoms with Gasteiger partial charge in [0, 0.05) is 37.8 Å². The number of thioether (sulfide) groups is 1. The molecule has 1 aromatic heterocycles. The molecule has 9 heteroatoms. The molecule has 1 saturated heterocycles. The van der Waals surface area contributed by atoms with Crippen LogP contribution in [0, 0.1) is 0 Å². The average Bonchev–Trinajstić information content (AvgIpc) is 3.24. The van der Waals surface area contributed by atoms with Gasteiger partial charge in [0.25, 0.3) is 0 Å². The standard InChI is InChI=1S/C20H26N6O2S/c27-17(22-18(28)21-14-15-6-2-1-3-7-15)10-13-29-20-24-23-19(25-11-4-5-12-25)26(20)16-8-9-16/h1-3,6-7,16H,4-5,8-14H2,(H2,21,22,27,28). The molecule has 29 heavy (non-hydrogen) atoms. The van der Waals surface area contributed by atoms with E-state index in [2.05, 4.69) is 30.3 Å². The molecular formula is C20H26N6O2S. The fourth-order valence-electron chi connectivity index (χ4n) is 3.40. The highest BCUT2D eigenvalue weighted by Crippen LogP contribution is 2.41. The van der Waals surface area contributed by atoms with Gasteiger partial charge in [0.05, 0.1) is 0 Å². The first-order valence-electron chi connectivity index (χ1n) is 10.1. The number of nitrogens with zero attached hydrogens (tertiary/aromatic N) is 4. The lowest BCUT2D eigenvalue weighted by atomic mass is 10.2. The van der Waals surface area contributed by atoms with E-state index in [-0.39, 0.29) is 12.3 Å². The second-order valence-electron chi connectivity index (χ2n) is 7.39. The smallest absolute Gasteiger partial charge is 0.321 e. The number of benzene rings is 1. The van der Waals surface area contributed by atoms with Gasteiger partial charge in [0.2, 0.25) is 11.9 Å². The van der Waals surface area contributed by atoms with E-state index in [0.29, 0.717) is 18.3 Å². The molecule has 2 fully saturated rings. The molecule has 0 atom stereocenters. The monoisotopic (exact) mass is 414 g/mol. The van der Waals surface area contributed by atoms with Crippen LogP contribution in [0.25, 0.3) is 0 Å². The van der Waals surface area contributed by atoms with Crippen LogP contribution in [-0.2, 0) is 11.3 Å². The van der Waals surface area contributed by atoms with Gasteiger partial charge in [0.15, 0.2) is 5.16 Å². The Morgan fingerprint density at radius 2 is 1.86 bits per heavy atom. The molecule has 1 aliphatic carbocycles. The summed E-state index contributed by atoms with van der Waals surface area (Å²) in [6, 6.07) is 9.60. The molecule has 0 spiro atoms. The Hall–Kier alpha value is -2.55. The van der Waals surface area contributed by atoms with Crippen molar-refractivity contribution in [3.8, 4) is 0 Å². The van der Waals surface area contributed by atoms with E-state index < -0.39 is 6.03 Å². The molecule has 4 rings (SSSR count). The first-order valence-corrected chi connectivity index (χ1v) is 11.1. The maximum absolute atomic E-state index is 12.1. The number of urea groups is 1. The van der Waals surface area contributed by atoms with Crippen molar-refractivity contribution in [3.05, 3.63) is 35.9 Å². The summed E-state index contributed by atoms with van der Waals surface area (Å²) in [5, 5.41) is 14.7. The summed E-state index contributed by atoms with van der Waals surface area (Å²) in [4.78, 5) is 26.2. The van der Waals surface area contributed by atoms with Crippen LogP contribution in [0.5, 0.6) is 0 Å². The number of aromatic nitrogens is 3. The molecule has 8 nitrogen and oxygen atoms in total. The normalized spacial score (nSPS) is 16.1. The number of amides is 3. The van der Waals surface area contributed by atoms with Crippen molar-refractivity contribution < 1.29 is 9.59 Å². The topological polar surface area (TPSA) is 92.2 Å². The Morgan fingerprint density at radius 1 is 1.10 bits per heavy atom. The third-order valence-electron chi connectivity index (χ3n) is 5.06. The summed E-state index contributed by atoms with van der Waals surface area (Å²) >= 11 is 1.53. The predicted octanol–water partition coefficient (Wildman–Crippen LogP) is 2.72. The number of carbonyl (C=O) groups excluding carboxylic acids is 2. The second kappa shape index (κ2) is 9.30. The Bertz CT molecular complexity index is 846. The number of hydrogen-bond donors (Lipinski definition) is 2. The van der Waals surface area contributed by atoms with Gasteiger partial charge in [-0.25, -0.2) is 4.79 Å². The molecule has 0 radical (unpaired) electrons. The molecule has 3 amide bonds. The summed E-state index contributed by atoms with van der Waals surface area (Å²) < 4.78 is 2.24. The van der Waals surface area contributed by atoms with Crippen molar-refractivity contribution in [2.75, 3.05) is 23.7 Å². The summed E-state index contributed by atoms with van der Waals surface area (Å²) in [5.41, 5.74) is 0.985. The zero-order chi connectivity index (χ0) is 20.1. The largest absolute Gasteiger partial charge is 0.341 e. The Kier molecular flexibility index (Phi) is 6.33. The van der Waals surface area contributed by atoms with Crippen molar-refractivity contribution in [2.24, 2.45) is 0 Å².